The molecule has 3 heterocycles. The van der Waals surface area contributed by atoms with E-state index in [9.17, 15) is 4.79 Å². The van der Waals surface area contributed by atoms with Gasteiger partial charge in [-0.1, -0.05) is 35.9 Å². The van der Waals surface area contributed by atoms with Crippen LogP contribution in [0.3, 0.4) is 0 Å². The van der Waals surface area contributed by atoms with Gasteiger partial charge in [-0.15, -0.1) is 0 Å². The Morgan fingerprint density at radius 3 is 2.76 bits per heavy atom. The van der Waals surface area contributed by atoms with Gasteiger partial charge in [0.15, 0.2) is 0 Å². The van der Waals surface area contributed by atoms with Gasteiger partial charge in [-0.25, -0.2) is 4.98 Å². The summed E-state index contributed by atoms with van der Waals surface area (Å²) in [4.78, 5) is 22.5. The average Bonchev–Trinajstić information content (AvgIpc) is 3.21. The Morgan fingerprint density at radius 2 is 1.90 bits per heavy atom. The molecule has 2 fully saturated rings. The quantitative estimate of drug-likeness (QED) is 0.699. The molecular formula is C23H23ClN4O. The lowest BCUT2D eigenvalue weighted by molar-refractivity contribution is 0.102. The fourth-order valence-electron chi connectivity index (χ4n) is 4.46. The van der Waals surface area contributed by atoms with Crippen LogP contribution in [0.5, 0.6) is 0 Å². The number of amides is 1. The van der Waals surface area contributed by atoms with Crippen molar-refractivity contribution < 1.29 is 4.79 Å². The normalized spacial score (nSPS) is 19.3. The monoisotopic (exact) mass is 406 g/mol. The SMILES string of the molecule is O=C(Nc1cc2ccccc2c(N2CCN3CCC[C@H]3C2)n1)c1ccc(Cl)cc1. The smallest absolute Gasteiger partial charge is 0.256 e. The van der Waals surface area contributed by atoms with Crippen LogP contribution in [-0.2, 0) is 0 Å². The van der Waals surface area contributed by atoms with E-state index in [1.54, 1.807) is 24.3 Å². The zero-order valence-electron chi connectivity index (χ0n) is 16.1. The average molecular weight is 407 g/mol. The molecule has 3 aromatic rings. The summed E-state index contributed by atoms with van der Waals surface area (Å²) < 4.78 is 0. The van der Waals surface area contributed by atoms with E-state index in [2.05, 4.69) is 27.2 Å². The van der Waals surface area contributed by atoms with Crippen molar-refractivity contribution in [2.75, 3.05) is 36.4 Å². The van der Waals surface area contributed by atoms with Gasteiger partial charge < -0.3 is 10.2 Å². The number of halogens is 1. The maximum Gasteiger partial charge on any atom is 0.256 e. The van der Waals surface area contributed by atoms with Gasteiger partial charge in [0.1, 0.15) is 11.6 Å². The summed E-state index contributed by atoms with van der Waals surface area (Å²) in [6, 6.07) is 17.7. The number of pyridine rings is 1. The van der Waals surface area contributed by atoms with Crippen LogP contribution in [0.15, 0.2) is 54.6 Å². The van der Waals surface area contributed by atoms with Crippen LogP contribution in [0.4, 0.5) is 11.6 Å². The number of rotatable bonds is 3. The molecule has 5 nitrogen and oxygen atoms in total. The molecule has 0 radical (unpaired) electrons. The number of carbonyl (C=O) groups is 1. The number of hydrogen-bond donors (Lipinski definition) is 1. The van der Waals surface area contributed by atoms with E-state index >= 15 is 0 Å². The van der Waals surface area contributed by atoms with Gasteiger partial charge in [-0.05, 0) is 55.1 Å². The Kier molecular flexibility index (Phi) is 4.86. The van der Waals surface area contributed by atoms with Crippen molar-refractivity contribution in [3.05, 3.63) is 65.2 Å². The standard InChI is InChI=1S/C23H23ClN4O/c24-18-9-7-16(8-10-18)23(29)26-21-14-17-4-1-2-6-20(17)22(25-21)28-13-12-27-11-3-5-19(27)15-28/h1-2,4,6-10,14,19H,3,5,11-13,15H2,(H,25,26,29)/t19-/m0/s1. The molecule has 1 N–H and O–H groups in total. The summed E-state index contributed by atoms with van der Waals surface area (Å²) in [5.74, 6) is 1.35. The van der Waals surface area contributed by atoms with Crippen LogP contribution in [-0.4, -0.2) is 48.0 Å². The molecule has 1 amide bonds. The number of hydrogen-bond acceptors (Lipinski definition) is 4. The number of benzene rings is 2. The Hall–Kier alpha value is -2.63. The zero-order valence-corrected chi connectivity index (χ0v) is 16.9. The molecule has 0 saturated carbocycles. The van der Waals surface area contributed by atoms with Crippen molar-refractivity contribution >= 4 is 39.9 Å². The third-order valence-corrected chi connectivity index (χ3v) is 6.21. The Balaban J connectivity index is 1.47. The lowest BCUT2D eigenvalue weighted by atomic mass is 10.1. The van der Waals surface area contributed by atoms with E-state index < -0.39 is 0 Å². The first kappa shape index (κ1) is 18.4. The number of piperazine rings is 1. The summed E-state index contributed by atoms with van der Waals surface area (Å²) in [6.45, 7) is 4.24. The highest BCUT2D eigenvalue weighted by Gasteiger charge is 2.31. The lowest BCUT2D eigenvalue weighted by Gasteiger charge is -2.38. The number of carbonyl (C=O) groups excluding carboxylic acids is 1. The molecule has 2 saturated heterocycles. The number of aromatic nitrogens is 1. The number of fused-ring (bicyclic) bond motifs is 2. The molecule has 2 aliphatic rings. The highest BCUT2D eigenvalue weighted by Crippen LogP contribution is 2.31. The van der Waals surface area contributed by atoms with Gasteiger partial charge in [-0.3, -0.25) is 9.69 Å². The molecule has 2 aromatic carbocycles. The van der Waals surface area contributed by atoms with Crippen LogP contribution in [0.25, 0.3) is 10.8 Å². The van der Waals surface area contributed by atoms with Crippen molar-refractivity contribution in [2.45, 2.75) is 18.9 Å². The second-order valence-corrected chi connectivity index (χ2v) is 8.23. The van der Waals surface area contributed by atoms with E-state index in [1.807, 2.05) is 18.2 Å². The molecule has 6 heteroatoms. The fraction of sp³-hybridized carbons (Fsp3) is 0.304. The zero-order chi connectivity index (χ0) is 19.8. The van der Waals surface area contributed by atoms with Gasteiger partial charge in [-0.2, -0.15) is 0 Å². The van der Waals surface area contributed by atoms with Crippen LogP contribution >= 0.6 is 11.6 Å². The van der Waals surface area contributed by atoms with Gasteiger partial charge in [0, 0.05) is 41.6 Å². The minimum absolute atomic E-state index is 0.184. The highest BCUT2D eigenvalue weighted by atomic mass is 35.5. The van der Waals surface area contributed by atoms with Gasteiger partial charge in [0.05, 0.1) is 0 Å². The third-order valence-electron chi connectivity index (χ3n) is 5.96. The first-order valence-electron chi connectivity index (χ1n) is 10.1. The van der Waals surface area contributed by atoms with Crippen LogP contribution < -0.4 is 10.2 Å². The molecule has 29 heavy (non-hydrogen) atoms. The molecule has 0 aliphatic carbocycles. The van der Waals surface area contributed by atoms with Gasteiger partial charge >= 0.3 is 0 Å². The van der Waals surface area contributed by atoms with E-state index in [0.29, 0.717) is 22.4 Å². The minimum Gasteiger partial charge on any atom is -0.353 e. The maximum absolute atomic E-state index is 12.7. The summed E-state index contributed by atoms with van der Waals surface area (Å²) in [7, 11) is 0. The second-order valence-electron chi connectivity index (χ2n) is 7.79. The van der Waals surface area contributed by atoms with Crippen molar-refractivity contribution in [3.63, 3.8) is 0 Å². The van der Waals surface area contributed by atoms with Crippen molar-refractivity contribution in [1.82, 2.24) is 9.88 Å². The largest absolute Gasteiger partial charge is 0.353 e. The Labute approximate surface area is 175 Å². The minimum atomic E-state index is -0.184. The second kappa shape index (κ2) is 7.65. The van der Waals surface area contributed by atoms with Crippen LogP contribution in [0.1, 0.15) is 23.2 Å². The molecule has 148 valence electrons. The molecule has 1 aromatic heterocycles. The summed E-state index contributed by atoms with van der Waals surface area (Å²) in [5.41, 5.74) is 0.561. The molecular weight excluding hydrogens is 384 g/mol. The molecule has 0 unspecified atom stereocenters. The van der Waals surface area contributed by atoms with Crippen molar-refractivity contribution in [3.8, 4) is 0 Å². The fourth-order valence-corrected chi connectivity index (χ4v) is 4.58. The predicted octanol–water partition coefficient (Wildman–Crippen LogP) is 4.42. The van der Waals surface area contributed by atoms with E-state index in [-0.39, 0.29) is 5.91 Å². The topological polar surface area (TPSA) is 48.5 Å². The first-order valence-corrected chi connectivity index (χ1v) is 10.5. The lowest BCUT2D eigenvalue weighted by Crippen LogP contribution is -2.50. The summed E-state index contributed by atoms with van der Waals surface area (Å²) in [6.07, 6.45) is 2.53. The highest BCUT2D eigenvalue weighted by molar-refractivity contribution is 6.30. The van der Waals surface area contributed by atoms with E-state index in [1.165, 1.54) is 19.4 Å². The van der Waals surface area contributed by atoms with Crippen LogP contribution in [0.2, 0.25) is 5.02 Å². The van der Waals surface area contributed by atoms with E-state index in [0.717, 1.165) is 36.2 Å². The van der Waals surface area contributed by atoms with Gasteiger partial charge in [0.2, 0.25) is 0 Å². The van der Waals surface area contributed by atoms with Gasteiger partial charge in [0.25, 0.3) is 5.91 Å². The van der Waals surface area contributed by atoms with Crippen LogP contribution in [0, 0.1) is 0 Å². The van der Waals surface area contributed by atoms with Crippen molar-refractivity contribution in [2.24, 2.45) is 0 Å². The summed E-state index contributed by atoms with van der Waals surface area (Å²) in [5, 5.41) is 5.78. The van der Waals surface area contributed by atoms with Crippen molar-refractivity contribution in [1.29, 1.82) is 0 Å². The predicted molar refractivity (Wildman–Crippen MR) is 118 cm³/mol. The molecule has 5 rings (SSSR count). The van der Waals surface area contributed by atoms with E-state index in [4.69, 9.17) is 16.6 Å². The number of nitrogens with one attached hydrogen (secondary N) is 1. The molecule has 1 atom stereocenters. The molecule has 2 aliphatic heterocycles. The summed E-state index contributed by atoms with van der Waals surface area (Å²) >= 11 is 5.93. The first-order chi connectivity index (χ1) is 14.2. The number of anilines is 2. The molecule has 0 bridgehead atoms. The Bertz CT molecular complexity index is 1050. The third kappa shape index (κ3) is 3.68. The molecule has 0 spiro atoms. The Morgan fingerprint density at radius 1 is 1.07 bits per heavy atom. The number of nitrogens with zero attached hydrogens (tertiary/aromatic N) is 3. The maximum atomic E-state index is 12.7.